The number of rotatable bonds is 6. The van der Waals surface area contributed by atoms with Crippen LogP contribution in [0.2, 0.25) is 0 Å². The third kappa shape index (κ3) is 3.79. The maximum atomic E-state index is 4.30. The Morgan fingerprint density at radius 1 is 1.32 bits per heavy atom. The molecular weight excluding hydrogens is 306 g/mol. The second kappa shape index (κ2) is 7.05. The maximum absolute atomic E-state index is 4.30. The predicted molar refractivity (Wildman–Crippen MR) is 82.6 cm³/mol. The molecule has 1 fully saturated rings. The van der Waals surface area contributed by atoms with E-state index in [2.05, 4.69) is 55.3 Å². The minimum absolute atomic E-state index is 0.712. The van der Waals surface area contributed by atoms with Crippen molar-refractivity contribution >= 4 is 27.6 Å². The molecule has 2 N–H and O–H groups in total. The molecule has 1 aliphatic rings. The van der Waals surface area contributed by atoms with Crippen molar-refractivity contribution in [2.45, 2.75) is 20.3 Å². The molecule has 106 valence electrons. The molecule has 1 saturated heterocycles. The Hall–Kier alpha value is -0.880. The molecule has 0 bridgehead atoms. The molecular formula is C13H22BrN5. The van der Waals surface area contributed by atoms with E-state index in [4.69, 9.17) is 0 Å². The van der Waals surface area contributed by atoms with Gasteiger partial charge in [-0.15, -0.1) is 0 Å². The van der Waals surface area contributed by atoms with E-state index in [-0.39, 0.29) is 0 Å². The molecule has 6 heteroatoms. The first-order valence-corrected chi connectivity index (χ1v) is 7.74. The van der Waals surface area contributed by atoms with Gasteiger partial charge in [0.05, 0.1) is 0 Å². The summed E-state index contributed by atoms with van der Waals surface area (Å²) >= 11 is 3.56. The predicted octanol–water partition coefficient (Wildman–Crippen LogP) is 2.42. The summed E-state index contributed by atoms with van der Waals surface area (Å²) in [5.41, 5.74) is 0. The SMILES string of the molecule is CCNc1ncnc(NCC2CCN(CC)C2)c1Br. The van der Waals surface area contributed by atoms with Gasteiger partial charge in [0, 0.05) is 19.6 Å². The summed E-state index contributed by atoms with van der Waals surface area (Å²) in [7, 11) is 0. The van der Waals surface area contributed by atoms with Crippen molar-refractivity contribution in [2.75, 3.05) is 43.4 Å². The van der Waals surface area contributed by atoms with E-state index >= 15 is 0 Å². The van der Waals surface area contributed by atoms with Gasteiger partial charge in [0.1, 0.15) is 22.4 Å². The van der Waals surface area contributed by atoms with Crippen molar-refractivity contribution in [3.63, 3.8) is 0 Å². The quantitative estimate of drug-likeness (QED) is 0.840. The molecule has 1 atom stereocenters. The summed E-state index contributed by atoms with van der Waals surface area (Å²) in [5.74, 6) is 2.44. The van der Waals surface area contributed by atoms with Crippen LogP contribution in [0.4, 0.5) is 11.6 Å². The van der Waals surface area contributed by atoms with Crippen molar-refractivity contribution in [1.82, 2.24) is 14.9 Å². The summed E-state index contributed by atoms with van der Waals surface area (Å²) in [5, 5.41) is 6.65. The van der Waals surface area contributed by atoms with Crippen LogP contribution in [0.1, 0.15) is 20.3 Å². The van der Waals surface area contributed by atoms with Gasteiger partial charge < -0.3 is 15.5 Å². The molecule has 0 aromatic carbocycles. The molecule has 1 aromatic rings. The zero-order chi connectivity index (χ0) is 13.7. The Morgan fingerprint density at radius 2 is 2.05 bits per heavy atom. The van der Waals surface area contributed by atoms with Gasteiger partial charge in [-0.05, 0) is 48.3 Å². The van der Waals surface area contributed by atoms with Crippen molar-refractivity contribution < 1.29 is 0 Å². The Morgan fingerprint density at radius 3 is 2.68 bits per heavy atom. The first-order valence-electron chi connectivity index (χ1n) is 6.95. The van der Waals surface area contributed by atoms with Gasteiger partial charge in [0.2, 0.25) is 0 Å². The van der Waals surface area contributed by atoms with Crippen LogP contribution in [0.15, 0.2) is 10.8 Å². The highest BCUT2D eigenvalue weighted by molar-refractivity contribution is 9.10. The molecule has 0 radical (unpaired) electrons. The standard InChI is InChI=1S/C13H22BrN5/c1-3-15-12-11(14)13(18-9-17-12)16-7-10-5-6-19(4-2)8-10/h9-10H,3-8H2,1-2H3,(H2,15,16,17,18). The fourth-order valence-corrected chi connectivity index (χ4v) is 2.88. The number of nitrogens with one attached hydrogen (secondary N) is 2. The van der Waals surface area contributed by atoms with Gasteiger partial charge in [-0.3, -0.25) is 0 Å². The first-order chi connectivity index (χ1) is 9.24. The Balaban J connectivity index is 1.91. The molecule has 0 amide bonds. The van der Waals surface area contributed by atoms with Crippen LogP contribution in [-0.2, 0) is 0 Å². The molecule has 19 heavy (non-hydrogen) atoms. The lowest BCUT2D eigenvalue weighted by atomic mass is 10.1. The van der Waals surface area contributed by atoms with Crippen LogP contribution < -0.4 is 10.6 Å². The molecule has 0 aliphatic carbocycles. The summed E-state index contributed by atoms with van der Waals surface area (Å²) in [6, 6.07) is 0. The largest absolute Gasteiger partial charge is 0.369 e. The fourth-order valence-electron chi connectivity index (χ4n) is 2.39. The van der Waals surface area contributed by atoms with E-state index in [9.17, 15) is 0 Å². The lowest BCUT2D eigenvalue weighted by Crippen LogP contribution is -2.22. The minimum Gasteiger partial charge on any atom is -0.369 e. The number of hydrogen-bond donors (Lipinski definition) is 2. The minimum atomic E-state index is 0.712. The zero-order valence-electron chi connectivity index (χ0n) is 11.6. The van der Waals surface area contributed by atoms with Crippen LogP contribution in [0.25, 0.3) is 0 Å². The number of anilines is 2. The highest BCUT2D eigenvalue weighted by atomic mass is 79.9. The van der Waals surface area contributed by atoms with Gasteiger partial charge in [-0.25, -0.2) is 9.97 Å². The Labute approximate surface area is 123 Å². The van der Waals surface area contributed by atoms with Gasteiger partial charge >= 0.3 is 0 Å². The topological polar surface area (TPSA) is 53.1 Å². The highest BCUT2D eigenvalue weighted by Gasteiger charge is 2.21. The fraction of sp³-hybridized carbons (Fsp3) is 0.692. The molecule has 2 rings (SSSR count). The molecule has 1 unspecified atom stereocenters. The number of aromatic nitrogens is 2. The molecule has 2 heterocycles. The number of halogens is 1. The van der Waals surface area contributed by atoms with E-state index in [1.165, 1.54) is 19.5 Å². The lowest BCUT2D eigenvalue weighted by Gasteiger charge is -2.15. The smallest absolute Gasteiger partial charge is 0.145 e. The third-order valence-electron chi connectivity index (χ3n) is 3.51. The van der Waals surface area contributed by atoms with E-state index < -0.39 is 0 Å². The number of hydrogen-bond acceptors (Lipinski definition) is 5. The summed E-state index contributed by atoms with van der Waals surface area (Å²) in [6.45, 7) is 9.65. The van der Waals surface area contributed by atoms with E-state index in [0.717, 1.165) is 35.7 Å². The van der Waals surface area contributed by atoms with Gasteiger partial charge in [0.25, 0.3) is 0 Å². The second-order valence-corrected chi connectivity index (χ2v) is 5.64. The highest BCUT2D eigenvalue weighted by Crippen LogP contribution is 2.27. The van der Waals surface area contributed by atoms with Crippen molar-refractivity contribution in [3.8, 4) is 0 Å². The van der Waals surface area contributed by atoms with Gasteiger partial charge in [0.15, 0.2) is 0 Å². The monoisotopic (exact) mass is 327 g/mol. The van der Waals surface area contributed by atoms with Crippen LogP contribution >= 0.6 is 15.9 Å². The molecule has 5 nitrogen and oxygen atoms in total. The average molecular weight is 328 g/mol. The van der Waals surface area contributed by atoms with Crippen LogP contribution in [0.5, 0.6) is 0 Å². The number of nitrogens with zero attached hydrogens (tertiary/aromatic N) is 3. The normalized spacial score (nSPS) is 19.6. The summed E-state index contributed by atoms with van der Waals surface area (Å²) in [6.07, 6.45) is 2.86. The molecule has 1 aromatic heterocycles. The molecule has 0 spiro atoms. The van der Waals surface area contributed by atoms with Gasteiger partial charge in [-0.1, -0.05) is 6.92 Å². The molecule has 1 aliphatic heterocycles. The maximum Gasteiger partial charge on any atom is 0.145 e. The van der Waals surface area contributed by atoms with E-state index in [0.29, 0.717) is 5.92 Å². The van der Waals surface area contributed by atoms with Crippen LogP contribution in [0.3, 0.4) is 0 Å². The Bertz CT molecular complexity index is 412. The summed E-state index contributed by atoms with van der Waals surface area (Å²) < 4.78 is 0.919. The van der Waals surface area contributed by atoms with E-state index in [1.54, 1.807) is 6.33 Å². The zero-order valence-corrected chi connectivity index (χ0v) is 13.2. The van der Waals surface area contributed by atoms with Crippen LogP contribution in [-0.4, -0.2) is 47.6 Å². The summed E-state index contributed by atoms with van der Waals surface area (Å²) in [4.78, 5) is 11.0. The Kier molecular flexibility index (Phi) is 5.39. The second-order valence-electron chi connectivity index (χ2n) is 4.84. The number of likely N-dealkylation sites (tertiary alicyclic amines) is 1. The lowest BCUT2D eigenvalue weighted by molar-refractivity contribution is 0.345. The third-order valence-corrected chi connectivity index (χ3v) is 4.26. The van der Waals surface area contributed by atoms with Crippen molar-refractivity contribution in [3.05, 3.63) is 10.8 Å². The molecule has 0 saturated carbocycles. The van der Waals surface area contributed by atoms with Crippen LogP contribution in [0, 0.1) is 5.92 Å². The first kappa shape index (κ1) is 14.5. The van der Waals surface area contributed by atoms with Gasteiger partial charge in [-0.2, -0.15) is 0 Å². The average Bonchev–Trinajstić information content (AvgIpc) is 2.88. The van der Waals surface area contributed by atoms with E-state index in [1.807, 2.05) is 0 Å². The van der Waals surface area contributed by atoms with Crippen molar-refractivity contribution in [2.24, 2.45) is 5.92 Å². The van der Waals surface area contributed by atoms with Crippen molar-refractivity contribution in [1.29, 1.82) is 0 Å².